The maximum Gasteiger partial charge on any atom is 0.225 e. The van der Waals surface area contributed by atoms with Crippen LogP contribution in [0.4, 0.5) is 5.69 Å². The first kappa shape index (κ1) is 24.1. The molecular formula is C21H26Cl2N2O3. The number of hydrogen-bond acceptors (Lipinski definition) is 4. The number of aliphatic hydroxyl groups is 1. The molecule has 3 N–H and O–H groups in total. The van der Waals surface area contributed by atoms with Crippen molar-refractivity contribution >= 4 is 41.4 Å². The van der Waals surface area contributed by atoms with Gasteiger partial charge in [0.15, 0.2) is 5.78 Å². The van der Waals surface area contributed by atoms with Gasteiger partial charge < -0.3 is 15.7 Å². The number of carbonyl (C=O) groups excluding carboxylic acids is 2. The number of amides is 1. The van der Waals surface area contributed by atoms with Gasteiger partial charge in [0.05, 0.1) is 5.69 Å². The largest absolute Gasteiger partial charge is 0.396 e. The van der Waals surface area contributed by atoms with Gasteiger partial charge in [-0.15, -0.1) is 12.4 Å². The second kappa shape index (κ2) is 11.2. The molecule has 7 heteroatoms. The Hall–Kier alpha value is -1.92. The normalized spacial score (nSPS) is 10.9. The third-order valence-corrected chi connectivity index (χ3v) is 4.46. The molecule has 0 radical (unpaired) electrons. The minimum absolute atomic E-state index is 0. The number of benzene rings is 2. The predicted octanol–water partition coefficient (Wildman–Crippen LogP) is 4.07. The van der Waals surface area contributed by atoms with E-state index in [-0.39, 0.29) is 42.7 Å². The Morgan fingerprint density at radius 1 is 1.11 bits per heavy atom. The second-order valence-corrected chi connectivity index (χ2v) is 7.40. The number of carbonyl (C=O) groups is 2. The van der Waals surface area contributed by atoms with Crippen LogP contribution in [0.5, 0.6) is 0 Å². The summed E-state index contributed by atoms with van der Waals surface area (Å²) in [6.07, 6.45) is 0.845. The van der Waals surface area contributed by atoms with E-state index in [1.54, 1.807) is 42.5 Å². The third kappa shape index (κ3) is 7.24. The zero-order chi connectivity index (χ0) is 19.9. The highest BCUT2D eigenvalue weighted by Gasteiger charge is 2.18. The summed E-state index contributed by atoms with van der Waals surface area (Å²) in [5.74, 6) is -0.401. The van der Waals surface area contributed by atoms with Gasteiger partial charge in [0, 0.05) is 41.3 Å². The molecule has 0 bridgehead atoms. The number of hydrogen-bond donors (Lipinski definition) is 3. The molecule has 0 saturated heterocycles. The molecule has 2 aromatic rings. The zero-order valence-corrected chi connectivity index (χ0v) is 17.6. The fraction of sp³-hybridized carbons (Fsp3) is 0.333. The van der Waals surface area contributed by atoms with Crippen LogP contribution in [0.25, 0.3) is 0 Å². The van der Waals surface area contributed by atoms with E-state index in [0.717, 1.165) is 0 Å². The van der Waals surface area contributed by atoms with Gasteiger partial charge >= 0.3 is 0 Å². The molecule has 152 valence electrons. The zero-order valence-electron chi connectivity index (χ0n) is 16.0. The molecule has 0 heterocycles. The fourth-order valence-corrected chi connectivity index (χ4v) is 2.83. The molecule has 0 aliphatic heterocycles. The molecule has 0 fully saturated rings. The summed E-state index contributed by atoms with van der Waals surface area (Å²) < 4.78 is 0. The Bertz CT molecular complexity index is 795. The Balaban J connectivity index is 0.00000392. The smallest absolute Gasteiger partial charge is 0.225 e. The minimum atomic E-state index is -0.246. The molecule has 0 saturated carbocycles. The molecule has 0 atom stereocenters. The molecule has 0 spiro atoms. The Kier molecular flexibility index (Phi) is 9.62. The molecule has 5 nitrogen and oxygen atoms in total. The summed E-state index contributed by atoms with van der Waals surface area (Å²) in [5.41, 5.74) is 1.08. The van der Waals surface area contributed by atoms with Crippen LogP contribution in [0.3, 0.4) is 0 Å². The molecule has 1 amide bonds. The summed E-state index contributed by atoms with van der Waals surface area (Å²) in [4.78, 5) is 25.1. The van der Waals surface area contributed by atoms with Crippen molar-refractivity contribution in [1.82, 2.24) is 5.32 Å². The lowest BCUT2D eigenvalue weighted by molar-refractivity contribution is -0.116. The number of halogens is 2. The van der Waals surface area contributed by atoms with Gasteiger partial charge in [-0.2, -0.15) is 0 Å². The minimum Gasteiger partial charge on any atom is -0.396 e. The van der Waals surface area contributed by atoms with Crippen LogP contribution < -0.4 is 10.6 Å². The SMILES string of the molecule is CC(C)(CCO)NCCC(=O)Nc1ccc(Cl)cc1C(=O)c1ccccc1.Cl. The third-order valence-electron chi connectivity index (χ3n) is 4.23. The van der Waals surface area contributed by atoms with E-state index in [1.165, 1.54) is 0 Å². The molecule has 28 heavy (non-hydrogen) atoms. The van der Waals surface area contributed by atoms with E-state index < -0.39 is 0 Å². The van der Waals surface area contributed by atoms with Crippen LogP contribution in [-0.2, 0) is 4.79 Å². The highest BCUT2D eigenvalue weighted by molar-refractivity contribution is 6.31. The Morgan fingerprint density at radius 3 is 2.43 bits per heavy atom. The van der Waals surface area contributed by atoms with Gasteiger partial charge in [-0.3, -0.25) is 9.59 Å². The maximum absolute atomic E-state index is 12.8. The van der Waals surface area contributed by atoms with E-state index in [2.05, 4.69) is 10.6 Å². The van der Waals surface area contributed by atoms with Gasteiger partial charge in [-0.1, -0.05) is 41.9 Å². The Labute approximate surface area is 176 Å². The summed E-state index contributed by atoms with van der Waals surface area (Å²) in [6.45, 7) is 4.49. The van der Waals surface area contributed by atoms with Crippen molar-refractivity contribution in [2.24, 2.45) is 0 Å². The molecular weight excluding hydrogens is 399 g/mol. The van der Waals surface area contributed by atoms with E-state index in [4.69, 9.17) is 16.7 Å². The average Bonchev–Trinajstić information content (AvgIpc) is 2.63. The Morgan fingerprint density at radius 2 is 1.79 bits per heavy atom. The highest BCUT2D eigenvalue weighted by atomic mass is 35.5. The van der Waals surface area contributed by atoms with Gasteiger partial charge in [-0.05, 0) is 38.5 Å². The lowest BCUT2D eigenvalue weighted by Gasteiger charge is -2.25. The number of aliphatic hydroxyl groups excluding tert-OH is 1. The van der Waals surface area contributed by atoms with Crippen molar-refractivity contribution < 1.29 is 14.7 Å². The summed E-state index contributed by atoms with van der Waals surface area (Å²) in [6, 6.07) is 13.7. The van der Waals surface area contributed by atoms with E-state index in [0.29, 0.717) is 34.8 Å². The monoisotopic (exact) mass is 424 g/mol. The molecule has 2 rings (SSSR count). The lowest BCUT2D eigenvalue weighted by atomic mass is 10.0. The molecule has 0 aliphatic carbocycles. The first-order valence-corrected chi connectivity index (χ1v) is 9.25. The quantitative estimate of drug-likeness (QED) is 0.530. The maximum atomic E-state index is 12.8. The van der Waals surface area contributed by atoms with E-state index in [9.17, 15) is 9.59 Å². The van der Waals surface area contributed by atoms with Crippen molar-refractivity contribution in [2.75, 3.05) is 18.5 Å². The summed E-state index contributed by atoms with van der Waals surface area (Å²) in [7, 11) is 0. The fourth-order valence-electron chi connectivity index (χ4n) is 2.65. The number of nitrogens with one attached hydrogen (secondary N) is 2. The van der Waals surface area contributed by atoms with Crippen LogP contribution in [0.15, 0.2) is 48.5 Å². The van der Waals surface area contributed by atoms with Gasteiger partial charge in [0.2, 0.25) is 5.91 Å². The lowest BCUT2D eigenvalue weighted by Crippen LogP contribution is -2.41. The van der Waals surface area contributed by atoms with Crippen molar-refractivity contribution in [3.63, 3.8) is 0 Å². The van der Waals surface area contributed by atoms with Crippen molar-refractivity contribution in [3.8, 4) is 0 Å². The van der Waals surface area contributed by atoms with Gasteiger partial charge in [-0.25, -0.2) is 0 Å². The molecule has 0 aromatic heterocycles. The van der Waals surface area contributed by atoms with Crippen LogP contribution in [-0.4, -0.2) is 35.5 Å². The predicted molar refractivity (Wildman–Crippen MR) is 116 cm³/mol. The summed E-state index contributed by atoms with van der Waals surface area (Å²) in [5, 5.41) is 15.5. The van der Waals surface area contributed by atoms with Crippen molar-refractivity contribution in [3.05, 3.63) is 64.7 Å². The summed E-state index contributed by atoms with van der Waals surface area (Å²) >= 11 is 6.05. The van der Waals surface area contributed by atoms with Gasteiger partial charge in [0.1, 0.15) is 0 Å². The van der Waals surface area contributed by atoms with Gasteiger partial charge in [0.25, 0.3) is 0 Å². The number of ketones is 1. The first-order valence-electron chi connectivity index (χ1n) is 8.87. The molecule has 0 aliphatic rings. The van der Waals surface area contributed by atoms with Crippen LogP contribution in [0.1, 0.15) is 42.6 Å². The molecule has 0 unspecified atom stereocenters. The number of anilines is 1. The van der Waals surface area contributed by atoms with Crippen LogP contribution in [0, 0.1) is 0 Å². The molecule has 2 aromatic carbocycles. The number of rotatable bonds is 9. The van der Waals surface area contributed by atoms with E-state index >= 15 is 0 Å². The van der Waals surface area contributed by atoms with Crippen molar-refractivity contribution in [1.29, 1.82) is 0 Å². The topological polar surface area (TPSA) is 78.4 Å². The standard InChI is InChI=1S/C21H25ClN2O3.ClH/c1-21(2,11-13-25)23-12-10-19(26)24-18-9-8-16(22)14-17(18)20(27)15-6-4-3-5-7-15;/h3-9,14,23,25H,10-13H2,1-2H3,(H,24,26);1H. The van der Waals surface area contributed by atoms with Crippen LogP contribution in [0.2, 0.25) is 5.02 Å². The first-order chi connectivity index (χ1) is 12.8. The highest BCUT2D eigenvalue weighted by Crippen LogP contribution is 2.24. The van der Waals surface area contributed by atoms with Crippen LogP contribution >= 0.6 is 24.0 Å². The van der Waals surface area contributed by atoms with Crippen molar-refractivity contribution in [2.45, 2.75) is 32.2 Å². The second-order valence-electron chi connectivity index (χ2n) is 6.97. The average molecular weight is 425 g/mol. The van der Waals surface area contributed by atoms with E-state index in [1.807, 2.05) is 19.9 Å².